The second-order valence-corrected chi connectivity index (χ2v) is 4.68. The first kappa shape index (κ1) is 32.0. The molecule has 0 aliphatic heterocycles. The fraction of sp³-hybridized carbons (Fsp3) is 0.786. The largest absolute Gasteiger partial charge is 0.512 e. The maximum Gasteiger partial charge on any atom is 0.155 e. The van der Waals surface area contributed by atoms with Gasteiger partial charge in [0, 0.05) is 46.1 Å². The first-order chi connectivity index (χ1) is 8.32. The average molecular weight is 328 g/mol. The number of carbonyl (C=O) groups is 1. The number of aliphatic hydroxyl groups is 4. The van der Waals surface area contributed by atoms with Gasteiger partial charge in [-0.3, -0.25) is 4.79 Å². The maximum atomic E-state index is 10.0. The van der Waals surface area contributed by atoms with Gasteiger partial charge in [-0.25, -0.2) is 0 Å². The first-order valence-electron chi connectivity index (χ1n) is 6.24. The van der Waals surface area contributed by atoms with Crippen molar-refractivity contribution in [2.75, 3.05) is 0 Å². The van der Waals surface area contributed by atoms with Crippen molar-refractivity contribution < 1.29 is 46.9 Å². The molecule has 0 radical (unpaired) electrons. The topological polar surface area (TPSA) is 98.0 Å². The van der Waals surface area contributed by atoms with E-state index >= 15 is 0 Å². The van der Waals surface area contributed by atoms with Crippen LogP contribution in [-0.4, -0.2) is 44.5 Å². The van der Waals surface area contributed by atoms with Gasteiger partial charge in [-0.2, -0.15) is 0 Å². The summed E-state index contributed by atoms with van der Waals surface area (Å²) in [6, 6.07) is 0. The Morgan fingerprint density at radius 2 is 0.950 bits per heavy atom. The summed E-state index contributed by atoms with van der Waals surface area (Å²) in [7, 11) is 0. The number of ketones is 1. The van der Waals surface area contributed by atoms with Gasteiger partial charge in [0.25, 0.3) is 0 Å². The molecule has 0 amide bonds. The van der Waals surface area contributed by atoms with Gasteiger partial charge in [0.15, 0.2) is 5.78 Å². The van der Waals surface area contributed by atoms with Gasteiger partial charge in [-0.05, 0) is 55.4 Å². The third-order valence-electron chi connectivity index (χ3n) is 0.412. The monoisotopic (exact) mass is 328 g/mol. The van der Waals surface area contributed by atoms with E-state index in [0.29, 0.717) is 0 Å². The summed E-state index contributed by atoms with van der Waals surface area (Å²) < 4.78 is 0. The number of hydrogen-bond acceptors (Lipinski definition) is 5. The fourth-order valence-corrected chi connectivity index (χ4v) is 0.294. The van der Waals surface area contributed by atoms with E-state index in [1.165, 1.54) is 19.9 Å². The normalized spacial score (nSPS) is 9.40. The first-order valence-corrected chi connectivity index (χ1v) is 6.24. The molecule has 0 unspecified atom stereocenters. The van der Waals surface area contributed by atoms with Crippen molar-refractivity contribution in [2.45, 2.75) is 73.7 Å². The molecule has 0 aliphatic rings. The van der Waals surface area contributed by atoms with Crippen molar-refractivity contribution >= 4 is 5.78 Å². The van der Waals surface area contributed by atoms with Crippen molar-refractivity contribution in [3.05, 3.63) is 11.8 Å². The number of aliphatic hydroxyl groups excluding tert-OH is 4. The quantitative estimate of drug-likeness (QED) is 0.336. The van der Waals surface area contributed by atoms with Crippen molar-refractivity contribution in [1.29, 1.82) is 0 Å². The van der Waals surface area contributed by atoms with Crippen LogP contribution in [0.3, 0.4) is 0 Å². The molecule has 0 atom stereocenters. The van der Waals surface area contributed by atoms with Crippen LogP contribution in [0.4, 0.5) is 0 Å². The molecule has 122 valence electrons. The summed E-state index contributed by atoms with van der Waals surface area (Å²) in [5.41, 5.74) is 0. The molecule has 0 saturated carbocycles. The molecular formula is C14H32O5Ti. The molecule has 0 aromatic rings. The van der Waals surface area contributed by atoms with E-state index in [2.05, 4.69) is 0 Å². The van der Waals surface area contributed by atoms with Gasteiger partial charge < -0.3 is 20.4 Å². The Balaban J connectivity index is -0.0000000512. The van der Waals surface area contributed by atoms with Crippen molar-refractivity contribution in [1.82, 2.24) is 0 Å². The Bertz CT molecular complexity index is 187. The van der Waals surface area contributed by atoms with Crippen LogP contribution in [-0.2, 0) is 26.5 Å². The number of rotatable bonds is 1. The average Bonchev–Trinajstić information content (AvgIpc) is 1.95. The smallest absolute Gasteiger partial charge is 0.155 e. The molecule has 0 aromatic carbocycles. The Hall–Kier alpha value is -0.196. The Labute approximate surface area is 138 Å². The van der Waals surface area contributed by atoms with E-state index < -0.39 is 0 Å². The zero-order chi connectivity index (χ0) is 16.6. The minimum atomic E-state index is -0.167. The molecule has 0 heterocycles. The van der Waals surface area contributed by atoms with Gasteiger partial charge in [-0.1, -0.05) is 0 Å². The molecule has 0 saturated heterocycles. The predicted molar refractivity (Wildman–Crippen MR) is 79.1 cm³/mol. The van der Waals surface area contributed by atoms with E-state index in [0.717, 1.165) is 0 Å². The van der Waals surface area contributed by atoms with E-state index in [1.54, 1.807) is 41.5 Å². The van der Waals surface area contributed by atoms with Gasteiger partial charge in [0.2, 0.25) is 0 Å². The zero-order valence-electron chi connectivity index (χ0n) is 14.0. The zero-order valence-corrected chi connectivity index (χ0v) is 15.6. The van der Waals surface area contributed by atoms with Crippen LogP contribution < -0.4 is 0 Å². The van der Waals surface area contributed by atoms with Gasteiger partial charge in [0.05, 0.1) is 5.76 Å². The molecule has 0 aliphatic carbocycles. The summed E-state index contributed by atoms with van der Waals surface area (Å²) in [6.07, 6.45) is 0.667. The summed E-state index contributed by atoms with van der Waals surface area (Å²) >= 11 is 0. The van der Waals surface area contributed by atoms with Gasteiger partial charge >= 0.3 is 0 Å². The Kier molecular flexibility index (Phi) is 38.1. The van der Waals surface area contributed by atoms with E-state index in [9.17, 15) is 4.79 Å². The number of hydrogen-bond donors (Lipinski definition) is 4. The third-order valence-corrected chi connectivity index (χ3v) is 0.412. The van der Waals surface area contributed by atoms with Crippen LogP contribution in [0.2, 0.25) is 0 Å². The molecule has 4 N–H and O–H groups in total. The van der Waals surface area contributed by atoms with Crippen LogP contribution in [0.15, 0.2) is 11.8 Å². The van der Waals surface area contributed by atoms with Crippen LogP contribution >= 0.6 is 0 Å². The van der Waals surface area contributed by atoms with Crippen molar-refractivity contribution in [3.8, 4) is 0 Å². The molecule has 6 heteroatoms. The maximum absolute atomic E-state index is 10.0. The van der Waals surface area contributed by atoms with Crippen molar-refractivity contribution in [2.24, 2.45) is 0 Å². The summed E-state index contributed by atoms with van der Waals surface area (Å²) in [5.74, 6) is -0.0625. The summed E-state index contributed by atoms with van der Waals surface area (Å²) in [6.45, 7) is 13.2. The van der Waals surface area contributed by atoms with E-state index in [4.69, 9.17) is 20.4 Å². The minimum absolute atomic E-state index is 0. The molecule has 0 bridgehead atoms. The van der Waals surface area contributed by atoms with E-state index in [1.807, 2.05) is 0 Å². The SMILES string of the molecule is CC(=O)C=C(C)O.CC(C)O.CC(C)O.CC(C)O.[Ti]. The Morgan fingerprint density at radius 3 is 0.950 bits per heavy atom. The summed E-state index contributed by atoms with van der Waals surface area (Å²) in [4.78, 5) is 10.0. The molecule has 0 aromatic heterocycles. The second kappa shape index (κ2) is 23.9. The third kappa shape index (κ3) is 347. The fourth-order valence-electron chi connectivity index (χ4n) is 0.294. The molecular weight excluding hydrogens is 296 g/mol. The second-order valence-electron chi connectivity index (χ2n) is 4.68. The molecule has 5 nitrogen and oxygen atoms in total. The minimum Gasteiger partial charge on any atom is -0.512 e. The molecule has 20 heavy (non-hydrogen) atoms. The van der Waals surface area contributed by atoms with Crippen LogP contribution in [0, 0.1) is 0 Å². The number of allylic oxidation sites excluding steroid dienone is 2. The molecule has 0 fully saturated rings. The van der Waals surface area contributed by atoms with Crippen molar-refractivity contribution in [3.63, 3.8) is 0 Å². The molecule has 0 spiro atoms. The van der Waals surface area contributed by atoms with Crippen LogP contribution in [0.5, 0.6) is 0 Å². The van der Waals surface area contributed by atoms with Crippen LogP contribution in [0.25, 0.3) is 0 Å². The van der Waals surface area contributed by atoms with E-state index in [-0.39, 0.29) is 51.6 Å². The van der Waals surface area contributed by atoms with Crippen LogP contribution in [0.1, 0.15) is 55.4 Å². The van der Waals surface area contributed by atoms with Gasteiger partial charge in [0.1, 0.15) is 0 Å². The molecule has 0 rings (SSSR count). The Morgan fingerprint density at radius 1 is 0.800 bits per heavy atom. The predicted octanol–water partition coefficient (Wildman–Crippen LogP) is 2.20. The standard InChI is InChI=1S/C5H8O2.3C3H8O.Ti/c1-4(6)3-5(2)7;3*1-3(2)4;/h3,6H,1-2H3;3*3-4H,1-2H3;. The number of carbonyl (C=O) groups excluding carboxylic acids is 1. The summed E-state index contributed by atoms with van der Waals surface area (Å²) in [5, 5.41) is 32.5. The van der Waals surface area contributed by atoms with Gasteiger partial charge in [-0.15, -0.1) is 0 Å².